The highest BCUT2D eigenvalue weighted by molar-refractivity contribution is 5.84. The molecule has 0 saturated heterocycles. The quantitative estimate of drug-likeness (QED) is 0.0408. The van der Waals surface area contributed by atoms with Crippen molar-refractivity contribution in [3.63, 3.8) is 0 Å². The van der Waals surface area contributed by atoms with Crippen LogP contribution in [0.1, 0.15) is 64.7 Å². The van der Waals surface area contributed by atoms with Gasteiger partial charge in [-0.25, -0.2) is 4.79 Å². The Bertz CT molecular complexity index is 2430. The fourth-order valence-electron chi connectivity index (χ4n) is 10.1. The smallest absolute Gasteiger partial charge is 0.377 e. The molecule has 0 unspecified atom stereocenters. The third-order valence-corrected chi connectivity index (χ3v) is 13.8. The van der Waals surface area contributed by atoms with Gasteiger partial charge in [0.05, 0.1) is 117 Å². The summed E-state index contributed by atoms with van der Waals surface area (Å²) in [5.74, 6) is -1.94. The number of carbonyl (C=O) groups is 2. The number of ether oxygens (including phenoxy) is 11. The maximum Gasteiger partial charge on any atom is 0.377 e. The molecule has 6 rings (SSSR count). The highest BCUT2D eigenvalue weighted by Gasteiger charge is 2.45. The van der Waals surface area contributed by atoms with Crippen LogP contribution in [-0.4, -0.2) is 144 Å². The molecule has 0 N–H and O–H groups in total. The number of hydrogen-bond donors (Lipinski definition) is 0. The molecule has 0 saturated carbocycles. The number of hydrogen-bond acceptors (Lipinski definition) is 13. The van der Waals surface area contributed by atoms with Crippen molar-refractivity contribution in [1.82, 2.24) is 0 Å². The number of quaternary nitrogens is 2. The summed E-state index contributed by atoms with van der Waals surface area (Å²) in [6.07, 6.45) is 1.21. The van der Waals surface area contributed by atoms with Crippen LogP contribution in [0.3, 0.4) is 0 Å². The fourth-order valence-corrected chi connectivity index (χ4v) is 10.1. The summed E-state index contributed by atoms with van der Waals surface area (Å²) < 4.78 is 92.8. The SMILES string of the molecule is COc1ccc([C@@H]2c3cc(OC)c(OC)cc3CC[N@@+]2(C)CCCOC(=O)CC(F)(F)C(=O)OCCC[N@+]2(C)CCc3cc(OC)c(OC)cc3[C@H]2Cc2cc(OC)c(OC)c(OC)c2)cc1OC. The molecule has 2 aliphatic rings. The molecule has 0 aromatic heterocycles. The molecule has 0 amide bonds. The number of halogens is 2. The second-order valence-corrected chi connectivity index (χ2v) is 17.9. The van der Waals surface area contributed by atoms with E-state index >= 15 is 8.78 Å². The zero-order valence-corrected chi connectivity index (χ0v) is 41.8. The summed E-state index contributed by atoms with van der Waals surface area (Å²) in [5, 5.41) is 0. The Morgan fingerprint density at radius 2 is 1.04 bits per heavy atom. The number of fused-ring (bicyclic) bond motifs is 2. The van der Waals surface area contributed by atoms with E-state index in [0.29, 0.717) is 99.6 Å². The van der Waals surface area contributed by atoms with Crippen LogP contribution in [-0.2, 0) is 38.3 Å². The van der Waals surface area contributed by atoms with E-state index < -0.39 is 24.3 Å². The summed E-state index contributed by atoms with van der Waals surface area (Å²) in [6.45, 7) is 2.06. The monoisotopic (exact) mass is 966 g/mol. The molecule has 2 heterocycles. The lowest BCUT2D eigenvalue weighted by atomic mass is 9.85. The molecule has 0 bridgehead atoms. The maximum absolute atomic E-state index is 15.3. The summed E-state index contributed by atoms with van der Waals surface area (Å²) in [5.41, 5.74) is 6.19. The van der Waals surface area contributed by atoms with E-state index in [1.165, 1.54) is 0 Å². The average Bonchev–Trinajstić information content (AvgIpc) is 3.35. The van der Waals surface area contributed by atoms with Crippen molar-refractivity contribution in [2.45, 2.75) is 56.5 Å². The Hall–Kier alpha value is -6.20. The number of nitrogens with zero attached hydrogens (tertiary/aromatic N) is 2. The first-order valence-electron chi connectivity index (χ1n) is 23.0. The first-order chi connectivity index (χ1) is 33.0. The second kappa shape index (κ2) is 22.5. The molecule has 15 nitrogen and oxygen atoms in total. The van der Waals surface area contributed by atoms with Crippen LogP contribution in [0.4, 0.5) is 8.78 Å². The van der Waals surface area contributed by atoms with Gasteiger partial charge >= 0.3 is 17.9 Å². The minimum atomic E-state index is -4.09. The number of likely N-dealkylation sites (N-methyl/N-ethyl adjacent to an activating group) is 2. The molecule has 0 spiro atoms. The Kier molecular flexibility index (Phi) is 17.0. The first-order valence-corrected chi connectivity index (χ1v) is 23.0. The van der Waals surface area contributed by atoms with E-state index in [1.807, 2.05) is 54.6 Å². The largest absolute Gasteiger partial charge is 0.493 e. The van der Waals surface area contributed by atoms with E-state index in [1.54, 1.807) is 64.0 Å². The van der Waals surface area contributed by atoms with Crippen LogP contribution < -0.4 is 42.6 Å². The van der Waals surface area contributed by atoms with Gasteiger partial charge in [-0.05, 0) is 71.3 Å². The van der Waals surface area contributed by atoms with Crippen LogP contribution in [0.2, 0.25) is 0 Å². The summed E-state index contributed by atoms with van der Waals surface area (Å²) in [4.78, 5) is 25.7. The predicted octanol–water partition coefficient (Wildman–Crippen LogP) is 7.73. The summed E-state index contributed by atoms with van der Waals surface area (Å²) >= 11 is 0. The van der Waals surface area contributed by atoms with Gasteiger partial charge in [0.2, 0.25) is 5.75 Å². The molecule has 4 aromatic carbocycles. The van der Waals surface area contributed by atoms with E-state index in [-0.39, 0.29) is 31.7 Å². The normalized spacial score (nSPS) is 19.6. The average molecular weight is 967 g/mol. The highest BCUT2D eigenvalue weighted by atomic mass is 19.3. The van der Waals surface area contributed by atoms with E-state index in [0.717, 1.165) is 46.3 Å². The third-order valence-electron chi connectivity index (χ3n) is 13.8. The lowest BCUT2D eigenvalue weighted by molar-refractivity contribution is -0.941. The van der Waals surface area contributed by atoms with E-state index in [2.05, 4.69) is 14.1 Å². The Labute approximate surface area is 404 Å². The molecule has 0 aliphatic carbocycles. The minimum Gasteiger partial charge on any atom is -0.493 e. The van der Waals surface area contributed by atoms with Crippen LogP contribution in [0, 0.1) is 0 Å². The molecule has 376 valence electrons. The van der Waals surface area contributed by atoms with Gasteiger partial charge in [-0.2, -0.15) is 8.78 Å². The Morgan fingerprint density at radius 1 is 0.565 bits per heavy atom. The molecule has 69 heavy (non-hydrogen) atoms. The molecule has 0 fully saturated rings. The van der Waals surface area contributed by atoms with Crippen molar-refractivity contribution in [1.29, 1.82) is 0 Å². The first kappa shape index (κ1) is 52.2. The van der Waals surface area contributed by atoms with Gasteiger partial charge in [0, 0.05) is 48.8 Å². The fraction of sp³-hybridized carbons (Fsp3) is 0.500. The molecule has 0 radical (unpaired) electrons. The van der Waals surface area contributed by atoms with Crippen molar-refractivity contribution < 1.29 is 79.4 Å². The number of esters is 2. The number of carbonyl (C=O) groups excluding carboxylic acids is 2. The number of methoxy groups -OCH3 is 9. The van der Waals surface area contributed by atoms with E-state index in [4.69, 9.17) is 52.1 Å². The van der Waals surface area contributed by atoms with Gasteiger partial charge < -0.3 is 61.1 Å². The number of alkyl halides is 2. The van der Waals surface area contributed by atoms with Crippen LogP contribution in [0.25, 0.3) is 0 Å². The lowest BCUT2D eigenvalue weighted by Crippen LogP contribution is -2.52. The van der Waals surface area contributed by atoms with E-state index in [9.17, 15) is 9.59 Å². The topological polar surface area (TPSA) is 136 Å². The van der Waals surface area contributed by atoms with Crippen LogP contribution >= 0.6 is 0 Å². The standard InChI is InChI=1S/C52H68F2N2O13/c1-55(20-16-34-27-42(61-5)44(63-7)30-37(34)39(55)24-33-25-46(65-9)50(67-11)47(26-33)66-10)18-12-23-69-51(58)52(53,54)32-48(57)68-22-13-19-56(2)21-17-35-28-43(62-6)45(64-8)31-38(35)49(56)36-14-15-40(59-3)41(29-36)60-4/h14-15,25-31,39,49H,12-13,16-24,32H2,1-11H3/q+2/t39-,49-,55-,56-/m1/s1. The summed E-state index contributed by atoms with van der Waals surface area (Å²) in [6, 6.07) is 17.3. The van der Waals surface area contributed by atoms with Crippen molar-refractivity contribution in [3.05, 3.63) is 88.0 Å². The molecule has 4 aromatic rings. The molecule has 2 aliphatic heterocycles. The zero-order valence-electron chi connectivity index (χ0n) is 41.8. The number of rotatable bonds is 23. The molecule has 4 atom stereocenters. The Balaban J connectivity index is 1.08. The maximum atomic E-state index is 15.3. The van der Waals surface area contributed by atoms with Crippen LogP contribution in [0.15, 0.2) is 54.6 Å². The molecular formula is C52H68F2N2O13+2. The minimum absolute atomic E-state index is 0.120. The van der Waals surface area contributed by atoms with Crippen molar-refractivity contribution in [3.8, 4) is 51.7 Å². The van der Waals surface area contributed by atoms with Gasteiger partial charge in [0.1, 0.15) is 18.5 Å². The number of benzene rings is 4. The van der Waals surface area contributed by atoms with Gasteiger partial charge in [-0.3, -0.25) is 4.79 Å². The lowest BCUT2D eigenvalue weighted by Gasteiger charge is -2.46. The van der Waals surface area contributed by atoms with Crippen molar-refractivity contribution in [2.24, 2.45) is 0 Å². The zero-order chi connectivity index (χ0) is 50.1. The van der Waals surface area contributed by atoms with Gasteiger partial charge in [0.25, 0.3) is 0 Å². The predicted molar refractivity (Wildman–Crippen MR) is 253 cm³/mol. The van der Waals surface area contributed by atoms with Gasteiger partial charge in [-0.15, -0.1) is 0 Å². The second-order valence-electron chi connectivity index (χ2n) is 17.9. The Morgan fingerprint density at radius 3 is 1.59 bits per heavy atom. The molecule has 17 heteroatoms. The summed E-state index contributed by atoms with van der Waals surface area (Å²) in [7, 11) is 18.4. The third kappa shape index (κ3) is 11.3. The van der Waals surface area contributed by atoms with Gasteiger partial charge in [-0.1, -0.05) is 0 Å². The highest BCUT2D eigenvalue weighted by Crippen LogP contribution is 2.47. The van der Waals surface area contributed by atoms with Crippen LogP contribution in [0.5, 0.6) is 51.7 Å². The van der Waals surface area contributed by atoms with Crippen molar-refractivity contribution >= 4 is 11.9 Å². The molecular weight excluding hydrogens is 899 g/mol. The van der Waals surface area contributed by atoms with Crippen molar-refractivity contribution in [2.75, 3.05) is 117 Å². The van der Waals surface area contributed by atoms with Gasteiger partial charge in [0.15, 0.2) is 46.0 Å².